The highest BCUT2D eigenvalue weighted by Gasteiger charge is 2.22. The minimum atomic E-state index is -3.56. The van der Waals surface area contributed by atoms with E-state index in [4.69, 9.17) is 4.42 Å². The zero-order chi connectivity index (χ0) is 17.4. The third-order valence-corrected chi connectivity index (χ3v) is 5.44. The molecule has 1 heterocycles. The van der Waals surface area contributed by atoms with Gasteiger partial charge in [0.1, 0.15) is 0 Å². The first-order chi connectivity index (χ1) is 10.6. The second-order valence-corrected chi connectivity index (χ2v) is 7.77. The second-order valence-electron chi connectivity index (χ2n) is 5.26. The Bertz CT molecular complexity index is 908. The van der Waals surface area contributed by atoms with Crippen molar-refractivity contribution in [3.63, 3.8) is 0 Å². The van der Waals surface area contributed by atoms with Crippen LogP contribution >= 0.6 is 0 Å². The lowest BCUT2D eigenvalue weighted by molar-refractivity contribution is 0.0695. The van der Waals surface area contributed by atoms with Crippen LogP contribution in [0.3, 0.4) is 0 Å². The molecule has 8 nitrogen and oxygen atoms in total. The minimum Gasteiger partial charge on any atom is -0.478 e. The second kappa shape index (κ2) is 5.99. The fourth-order valence-corrected chi connectivity index (χ4v) is 3.14. The summed E-state index contributed by atoms with van der Waals surface area (Å²) in [7, 11) is -3.56. The van der Waals surface area contributed by atoms with E-state index in [2.05, 4.69) is 5.10 Å². The molecule has 0 aliphatic carbocycles. The van der Waals surface area contributed by atoms with Gasteiger partial charge in [0.2, 0.25) is 5.89 Å². The SMILES string of the molecule is Cc1nn(Cc2cc(S(=O)(=O)C(C)C)ccc2C(=O)O)c(=O)o1. The Morgan fingerprint density at radius 1 is 1.39 bits per heavy atom. The molecule has 1 aromatic carbocycles. The van der Waals surface area contributed by atoms with Crippen molar-refractivity contribution in [1.82, 2.24) is 9.78 Å². The maximum atomic E-state index is 12.2. The van der Waals surface area contributed by atoms with Crippen LogP contribution in [0.1, 0.15) is 35.7 Å². The van der Waals surface area contributed by atoms with Crippen LogP contribution in [0.25, 0.3) is 0 Å². The van der Waals surface area contributed by atoms with E-state index in [1.807, 2.05) is 0 Å². The van der Waals surface area contributed by atoms with Crippen molar-refractivity contribution in [2.45, 2.75) is 37.5 Å². The molecule has 1 N–H and O–H groups in total. The lowest BCUT2D eigenvalue weighted by atomic mass is 10.1. The van der Waals surface area contributed by atoms with Gasteiger partial charge in [-0.25, -0.2) is 18.0 Å². The van der Waals surface area contributed by atoms with Gasteiger partial charge in [0.05, 0.1) is 22.3 Å². The number of aryl methyl sites for hydroxylation is 1. The Hall–Kier alpha value is -2.42. The Kier molecular flexibility index (Phi) is 4.42. The van der Waals surface area contributed by atoms with Gasteiger partial charge in [-0.2, -0.15) is 4.68 Å². The van der Waals surface area contributed by atoms with Gasteiger partial charge in [0.15, 0.2) is 9.84 Å². The largest absolute Gasteiger partial charge is 0.478 e. The fourth-order valence-electron chi connectivity index (χ4n) is 2.03. The van der Waals surface area contributed by atoms with E-state index in [-0.39, 0.29) is 28.5 Å². The average Bonchev–Trinajstić information content (AvgIpc) is 2.76. The smallest absolute Gasteiger partial charge is 0.437 e. The summed E-state index contributed by atoms with van der Waals surface area (Å²) in [5, 5.41) is 12.4. The van der Waals surface area contributed by atoms with Crippen LogP contribution in [-0.2, 0) is 16.4 Å². The Labute approximate surface area is 132 Å². The van der Waals surface area contributed by atoms with Crippen molar-refractivity contribution in [2.24, 2.45) is 0 Å². The number of carboxylic acid groups (broad SMARTS) is 1. The normalized spacial score (nSPS) is 11.8. The lowest BCUT2D eigenvalue weighted by Crippen LogP contribution is -2.20. The van der Waals surface area contributed by atoms with Crippen LogP contribution in [0, 0.1) is 6.92 Å². The molecule has 124 valence electrons. The van der Waals surface area contributed by atoms with Crippen LogP contribution < -0.4 is 5.76 Å². The zero-order valence-corrected chi connectivity index (χ0v) is 13.6. The highest BCUT2D eigenvalue weighted by Crippen LogP contribution is 2.21. The van der Waals surface area contributed by atoms with E-state index in [1.165, 1.54) is 39.0 Å². The number of nitrogens with zero attached hydrogens (tertiary/aromatic N) is 2. The molecule has 0 aliphatic heterocycles. The van der Waals surface area contributed by atoms with Crippen molar-refractivity contribution >= 4 is 15.8 Å². The van der Waals surface area contributed by atoms with E-state index in [9.17, 15) is 23.1 Å². The van der Waals surface area contributed by atoms with Crippen LogP contribution in [0.15, 0.2) is 32.3 Å². The van der Waals surface area contributed by atoms with E-state index in [1.54, 1.807) is 0 Å². The minimum absolute atomic E-state index is 0.000709. The molecule has 0 saturated carbocycles. The number of aromatic carboxylic acids is 1. The van der Waals surface area contributed by atoms with Crippen LogP contribution in [-0.4, -0.2) is 34.5 Å². The van der Waals surface area contributed by atoms with Crippen LogP contribution in [0.5, 0.6) is 0 Å². The monoisotopic (exact) mass is 340 g/mol. The Morgan fingerprint density at radius 2 is 2.04 bits per heavy atom. The molecule has 0 saturated heterocycles. The maximum absolute atomic E-state index is 12.2. The Balaban J connectivity index is 2.57. The summed E-state index contributed by atoms with van der Waals surface area (Å²) in [6.07, 6.45) is 0. The van der Waals surface area contributed by atoms with Gasteiger partial charge in [-0.05, 0) is 37.6 Å². The van der Waals surface area contributed by atoms with Gasteiger partial charge in [0, 0.05) is 6.92 Å². The van der Waals surface area contributed by atoms with Crippen molar-refractivity contribution in [3.8, 4) is 0 Å². The summed E-state index contributed by atoms with van der Waals surface area (Å²) in [5.41, 5.74) is 0.0647. The third-order valence-electron chi connectivity index (χ3n) is 3.28. The van der Waals surface area contributed by atoms with Gasteiger partial charge >= 0.3 is 11.7 Å². The molecule has 0 radical (unpaired) electrons. The molecule has 0 unspecified atom stereocenters. The molecular formula is C14H16N2O6S. The summed E-state index contributed by atoms with van der Waals surface area (Å²) in [6.45, 7) is 4.35. The van der Waals surface area contributed by atoms with Gasteiger partial charge < -0.3 is 9.52 Å². The van der Waals surface area contributed by atoms with Crippen LogP contribution in [0.2, 0.25) is 0 Å². The number of carbonyl (C=O) groups is 1. The lowest BCUT2D eigenvalue weighted by Gasteiger charge is -2.11. The van der Waals surface area contributed by atoms with Gasteiger partial charge in [-0.1, -0.05) is 0 Å². The molecule has 9 heteroatoms. The number of aromatic nitrogens is 2. The quantitative estimate of drug-likeness (QED) is 0.864. The molecule has 0 bridgehead atoms. The highest BCUT2D eigenvalue weighted by molar-refractivity contribution is 7.92. The van der Waals surface area contributed by atoms with Crippen LogP contribution in [0.4, 0.5) is 0 Å². The molecular weight excluding hydrogens is 324 g/mol. The zero-order valence-electron chi connectivity index (χ0n) is 12.8. The number of carboxylic acids is 1. The van der Waals surface area contributed by atoms with Gasteiger partial charge in [-0.3, -0.25) is 0 Å². The number of rotatable bonds is 5. The van der Waals surface area contributed by atoms with Gasteiger partial charge in [-0.15, -0.1) is 5.10 Å². The predicted octanol–water partition coefficient (Wildman–Crippen LogP) is 1.07. The first kappa shape index (κ1) is 16.9. The van der Waals surface area contributed by atoms with Crippen molar-refractivity contribution < 1.29 is 22.7 Å². The molecule has 0 aliphatic rings. The maximum Gasteiger partial charge on any atom is 0.437 e. The first-order valence-corrected chi connectivity index (χ1v) is 8.32. The van der Waals surface area contributed by atoms with E-state index >= 15 is 0 Å². The number of hydrogen-bond donors (Lipinski definition) is 1. The summed E-state index contributed by atoms with van der Waals surface area (Å²) in [5.74, 6) is -1.82. The van der Waals surface area contributed by atoms with E-state index in [0.29, 0.717) is 0 Å². The number of hydrogen-bond acceptors (Lipinski definition) is 6. The molecule has 23 heavy (non-hydrogen) atoms. The van der Waals surface area contributed by atoms with E-state index in [0.717, 1.165) is 4.68 Å². The summed E-state index contributed by atoms with van der Waals surface area (Å²) >= 11 is 0. The van der Waals surface area contributed by atoms with Crippen molar-refractivity contribution in [3.05, 3.63) is 45.8 Å². The molecule has 0 fully saturated rings. The highest BCUT2D eigenvalue weighted by atomic mass is 32.2. The fraction of sp³-hybridized carbons (Fsp3) is 0.357. The number of benzene rings is 1. The van der Waals surface area contributed by atoms with Crippen molar-refractivity contribution in [2.75, 3.05) is 0 Å². The molecule has 0 amide bonds. The van der Waals surface area contributed by atoms with E-state index < -0.39 is 26.8 Å². The summed E-state index contributed by atoms with van der Waals surface area (Å²) in [4.78, 5) is 22.9. The number of sulfone groups is 1. The molecule has 2 aromatic rings. The first-order valence-electron chi connectivity index (χ1n) is 6.77. The van der Waals surface area contributed by atoms with Gasteiger partial charge in [0.25, 0.3) is 0 Å². The predicted molar refractivity (Wildman–Crippen MR) is 80.3 cm³/mol. The third kappa shape index (κ3) is 3.34. The topological polar surface area (TPSA) is 119 Å². The summed E-state index contributed by atoms with van der Waals surface area (Å²) < 4.78 is 30.2. The Morgan fingerprint density at radius 3 is 2.52 bits per heavy atom. The summed E-state index contributed by atoms with van der Waals surface area (Å²) in [6, 6.07) is 3.72. The molecule has 1 aromatic heterocycles. The van der Waals surface area contributed by atoms with Crippen molar-refractivity contribution in [1.29, 1.82) is 0 Å². The molecule has 0 spiro atoms. The molecule has 0 atom stereocenters. The average molecular weight is 340 g/mol. The molecule has 2 rings (SSSR count). The standard InChI is InChI=1S/C14H16N2O6S/c1-8(2)23(20,21)11-4-5-12(13(17)18)10(6-11)7-16-14(19)22-9(3)15-16/h4-6,8H,7H2,1-3H3,(H,17,18).